The van der Waals surface area contributed by atoms with Crippen molar-refractivity contribution >= 4 is 21.4 Å². The third-order valence-corrected chi connectivity index (χ3v) is 3.52. The number of carbonyl (C=O) groups is 1. The summed E-state index contributed by atoms with van der Waals surface area (Å²) in [6, 6.07) is 6.16. The standard InChI is InChI=1S/C11H12N4O3S/c1-19(17,18)10-4-2-9(3-5-10)14-15-7-8(6-13-15)11(12)16/h2-7,14H,1H3,(H2,12,16). The number of aromatic nitrogens is 2. The fourth-order valence-corrected chi connectivity index (χ4v) is 2.05. The van der Waals surface area contributed by atoms with E-state index in [0.29, 0.717) is 5.69 Å². The van der Waals surface area contributed by atoms with Crippen molar-refractivity contribution in [2.75, 3.05) is 11.7 Å². The van der Waals surface area contributed by atoms with E-state index in [1.807, 2.05) is 0 Å². The maximum absolute atomic E-state index is 11.3. The molecule has 1 heterocycles. The molecule has 1 amide bonds. The molecule has 0 aliphatic rings. The number of nitrogens with two attached hydrogens (primary N) is 1. The van der Waals surface area contributed by atoms with Gasteiger partial charge in [0.15, 0.2) is 9.84 Å². The van der Waals surface area contributed by atoms with Crippen LogP contribution in [0.1, 0.15) is 10.4 Å². The monoisotopic (exact) mass is 280 g/mol. The second-order valence-corrected chi connectivity index (χ2v) is 5.96. The average Bonchev–Trinajstić information content (AvgIpc) is 2.77. The minimum atomic E-state index is -3.21. The molecule has 19 heavy (non-hydrogen) atoms. The average molecular weight is 280 g/mol. The summed E-state index contributed by atoms with van der Waals surface area (Å²) in [7, 11) is -3.21. The molecule has 0 saturated heterocycles. The van der Waals surface area contributed by atoms with Gasteiger partial charge >= 0.3 is 0 Å². The lowest BCUT2D eigenvalue weighted by Crippen LogP contribution is -2.11. The molecule has 0 unspecified atom stereocenters. The van der Waals surface area contributed by atoms with Crippen LogP contribution < -0.4 is 11.2 Å². The molecule has 0 aliphatic carbocycles. The summed E-state index contributed by atoms with van der Waals surface area (Å²) in [5.74, 6) is -0.569. The number of amides is 1. The molecule has 100 valence electrons. The molecule has 3 N–H and O–H groups in total. The zero-order valence-corrected chi connectivity index (χ0v) is 10.9. The molecular weight excluding hydrogens is 268 g/mol. The molecule has 1 aromatic heterocycles. The summed E-state index contributed by atoms with van der Waals surface area (Å²) in [6.45, 7) is 0. The number of rotatable bonds is 4. The third kappa shape index (κ3) is 3.10. The molecule has 0 saturated carbocycles. The Morgan fingerprint density at radius 2 is 1.95 bits per heavy atom. The van der Waals surface area contributed by atoms with Crippen molar-refractivity contribution < 1.29 is 13.2 Å². The molecular formula is C11H12N4O3S. The molecule has 2 aromatic rings. The maximum atomic E-state index is 11.3. The van der Waals surface area contributed by atoms with E-state index in [1.54, 1.807) is 12.1 Å². The quantitative estimate of drug-likeness (QED) is 0.835. The fraction of sp³-hybridized carbons (Fsp3) is 0.0909. The molecule has 0 spiro atoms. The molecule has 0 atom stereocenters. The Bertz CT molecular complexity index is 704. The summed E-state index contributed by atoms with van der Waals surface area (Å²) in [5, 5.41) is 3.89. The van der Waals surface area contributed by atoms with Crippen LogP contribution in [-0.2, 0) is 9.84 Å². The van der Waals surface area contributed by atoms with Gasteiger partial charge in [0.2, 0.25) is 0 Å². The minimum Gasteiger partial charge on any atom is -0.365 e. The second kappa shape index (κ2) is 4.73. The first-order chi connectivity index (χ1) is 8.86. The molecule has 0 bridgehead atoms. The highest BCUT2D eigenvalue weighted by Crippen LogP contribution is 2.13. The number of hydrogen-bond donors (Lipinski definition) is 2. The van der Waals surface area contributed by atoms with Crippen LogP contribution in [0.5, 0.6) is 0 Å². The molecule has 1 aromatic carbocycles. The van der Waals surface area contributed by atoms with Gasteiger partial charge in [0.25, 0.3) is 5.91 Å². The Morgan fingerprint density at radius 3 is 2.42 bits per heavy atom. The van der Waals surface area contributed by atoms with Crippen LogP contribution in [0, 0.1) is 0 Å². The van der Waals surface area contributed by atoms with E-state index in [4.69, 9.17) is 5.73 Å². The van der Waals surface area contributed by atoms with Crippen LogP contribution >= 0.6 is 0 Å². The van der Waals surface area contributed by atoms with Gasteiger partial charge in [-0.25, -0.2) is 8.42 Å². The van der Waals surface area contributed by atoms with Crippen molar-refractivity contribution in [2.45, 2.75) is 4.90 Å². The summed E-state index contributed by atoms with van der Waals surface area (Å²) in [4.78, 5) is 12.4. The van der Waals surface area contributed by atoms with Crippen LogP contribution in [0.3, 0.4) is 0 Å². The van der Waals surface area contributed by atoms with Gasteiger partial charge in [-0.3, -0.25) is 10.2 Å². The molecule has 0 radical (unpaired) electrons. The molecule has 8 heteroatoms. The zero-order valence-electron chi connectivity index (χ0n) is 10.1. The number of hydrogen-bond acceptors (Lipinski definition) is 5. The van der Waals surface area contributed by atoms with E-state index in [1.165, 1.54) is 29.3 Å². The molecule has 0 aliphatic heterocycles. The van der Waals surface area contributed by atoms with Crippen molar-refractivity contribution in [3.8, 4) is 0 Å². The topological polar surface area (TPSA) is 107 Å². The van der Waals surface area contributed by atoms with Crippen molar-refractivity contribution in [1.29, 1.82) is 0 Å². The number of nitrogens with one attached hydrogen (secondary N) is 1. The number of primary amides is 1. The van der Waals surface area contributed by atoms with Crippen molar-refractivity contribution in [2.24, 2.45) is 5.73 Å². The molecule has 2 rings (SSSR count). The number of anilines is 1. The van der Waals surface area contributed by atoms with Crippen LogP contribution in [0.25, 0.3) is 0 Å². The van der Waals surface area contributed by atoms with E-state index in [0.717, 1.165) is 6.26 Å². The van der Waals surface area contributed by atoms with E-state index in [2.05, 4.69) is 10.5 Å². The lowest BCUT2D eigenvalue weighted by Gasteiger charge is -2.06. The van der Waals surface area contributed by atoms with E-state index in [-0.39, 0.29) is 10.5 Å². The third-order valence-electron chi connectivity index (χ3n) is 2.39. The SMILES string of the molecule is CS(=O)(=O)c1ccc(Nn2cc(C(N)=O)cn2)cc1. The van der Waals surface area contributed by atoms with Crippen LogP contribution in [0.2, 0.25) is 0 Å². The number of carbonyl (C=O) groups excluding carboxylic acids is 1. The predicted molar refractivity (Wildman–Crippen MR) is 69.3 cm³/mol. The highest BCUT2D eigenvalue weighted by molar-refractivity contribution is 7.90. The van der Waals surface area contributed by atoms with Gasteiger partial charge in [-0.15, -0.1) is 0 Å². The van der Waals surface area contributed by atoms with E-state index >= 15 is 0 Å². The largest absolute Gasteiger partial charge is 0.365 e. The van der Waals surface area contributed by atoms with Gasteiger partial charge in [0.05, 0.1) is 28.5 Å². The Labute approximate surface area is 109 Å². The second-order valence-electron chi connectivity index (χ2n) is 3.95. The number of nitrogens with zero attached hydrogens (tertiary/aromatic N) is 2. The van der Waals surface area contributed by atoms with Crippen molar-refractivity contribution in [1.82, 2.24) is 9.89 Å². The van der Waals surface area contributed by atoms with Gasteiger partial charge < -0.3 is 5.73 Å². The predicted octanol–water partition coefficient (Wildman–Crippen LogP) is 0.261. The highest BCUT2D eigenvalue weighted by Gasteiger charge is 2.07. The highest BCUT2D eigenvalue weighted by atomic mass is 32.2. The maximum Gasteiger partial charge on any atom is 0.251 e. The Balaban J connectivity index is 2.17. The van der Waals surface area contributed by atoms with Crippen LogP contribution in [0.15, 0.2) is 41.6 Å². The van der Waals surface area contributed by atoms with E-state index < -0.39 is 15.7 Å². The van der Waals surface area contributed by atoms with Crippen LogP contribution in [-0.4, -0.2) is 30.5 Å². The van der Waals surface area contributed by atoms with Crippen LogP contribution in [0.4, 0.5) is 5.69 Å². The van der Waals surface area contributed by atoms with Gasteiger partial charge in [0.1, 0.15) is 0 Å². The number of sulfone groups is 1. The van der Waals surface area contributed by atoms with Gasteiger partial charge in [0, 0.05) is 6.26 Å². The van der Waals surface area contributed by atoms with Crippen molar-refractivity contribution in [3.05, 3.63) is 42.2 Å². The smallest absolute Gasteiger partial charge is 0.251 e. The lowest BCUT2D eigenvalue weighted by atomic mass is 10.3. The molecule has 0 fully saturated rings. The minimum absolute atomic E-state index is 0.233. The lowest BCUT2D eigenvalue weighted by molar-refractivity contribution is 0.1000. The fourth-order valence-electron chi connectivity index (χ4n) is 1.42. The van der Waals surface area contributed by atoms with Gasteiger partial charge in [-0.2, -0.15) is 9.89 Å². The Hall–Kier alpha value is -2.35. The Morgan fingerprint density at radius 1 is 1.32 bits per heavy atom. The Kier molecular flexibility index (Phi) is 3.26. The summed E-state index contributed by atoms with van der Waals surface area (Å²) >= 11 is 0. The zero-order chi connectivity index (χ0) is 14.0. The summed E-state index contributed by atoms with van der Waals surface area (Å²) in [5.41, 5.74) is 8.87. The first kappa shape index (κ1) is 13.1. The van der Waals surface area contributed by atoms with E-state index in [9.17, 15) is 13.2 Å². The summed E-state index contributed by atoms with van der Waals surface area (Å²) < 4.78 is 22.6. The number of benzene rings is 1. The first-order valence-electron chi connectivity index (χ1n) is 5.28. The summed E-state index contributed by atoms with van der Waals surface area (Å²) in [6.07, 6.45) is 3.91. The normalized spacial score (nSPS) is 11.2. The molecule has 7 nitrogen and oxygen atoms in total. The first-order valence-corrected chi connectivity index (χ1v) is 7.17. The van der Waals surface area contributed by atoms with Gasteiger partial charge in [-0.1, -0.05) is 0 Å². The van der Waals surface area contributed by atoms with Crippen molar-refractivity contribution in [3.63, 3.8) is 0 Å². The van der Waals surface area contributed by atoms with Gasteiger partial charge in [-0.05, 0) is 24.3 Å².